The Balaban J connectivity index is 1.40. The zero-order valence-corrected chi connectivity index (χ0v) is 27.2. The molecule has 1 fully saturated rings. The van der Waals surface area contributed by atoms with Crippen LogP contribution in [0.15, 0.2) is 100 Å². The Morgan fingerprint density at radius 1 is 1.05 bits per heavy atom. The van der Waals surface area contributed by atoms with E-state index in [-0.39, 0.29) is 5.78 Å². The first-order valence-corrected chi connectivity index (χ1v) is 16.9. The Morgan fingerprint density at radius 2 is 1.80 bits per heavy atom. The van der Waals surface area contributed by atoms with Crippen molar-refractivity contribution in [3.8, 4) is 0 Å². The van der Waals surface area contributed by atoms with Crippen LogP contribution in [-0.2, 0) is 4.79 Å². The molecule has 0 aromatic heterocycles. The molecule has 1 aliphatic heterocycles. The molecule has 3 nitrogen and oxygen atoms in total. The molecule has 4 rings (SSSR count). The Labute approximate surface area is 265 Å². The number of fused-ring (bicyclic) bond motifs is 1. The lowest BCUT2D eigenvalue weighted by atomic mass is 9.88. The van der Waals surface area contributed by atoms with Gasteiger partial charge in [0.15, 0.2) is 5.78 Å². The van der Waals surface area contributed by atoms with Crippen LogP contribution in [0.25, 0.3) is 11.6 Å². The van der Waals surface area contributed by atoms with Crippen LogP contribution in [-0.4, -0.2) is 36.2 Å². The van der Waals surface area contributed by atoms with Gasteiger partial charge in [0, 0.05) is 36.8 Å². The van der Waals surface area contributed by atoms with Crippen LogP contribution in [0.2, 0.25) is 0 Å². The van der Waals surface area contributed by atoms with Gasteiger partial charge >= 0.3 is 0 Å². The molecule has 0 saturated heterocycles. The second-order valence-corrected chi connectivity index (χ2v) is 12.3. The Bertz CT molecular complexity index is 1360. The number of halogens is 1. The maximum Gasteiger partial charge on any atom is 0.164 e. The summed E-state index contributed by atoms with van der Waals surface area (Å²) in [6, 6.07) is 8.87. The number of carbonyl (C=O) groups excluding carboxylic acids is 1. The maximum absolute atomic E-state index is 13.4. The van der Waals surface area contributed by atoms with E-state index in [1.54, 1.807) is 5.57 Å². The van der Waals surface area contributed by atoms with Gasteiger partial charge in [0.25, 0.3) is 0 Å². The Kier molecular flexibility index (Phi) is 13.0. The molecule has 1 saturated carbocycles. The number of rotatable bonds is 18. The molecule has 3 aliphatic rings. The molecule has 234 valence electrons. The summed E-state index contributed by atoms with van der Waals surface area (Å²) in [6.45, 7) is 12.4. The van der Waals surface area contributed by atoms with Crippen molar-refractivity contribution < 1.29 is 9.18 Å². The fraction of sp³-hybridized carbons (Fsp3) is 0.450. The molecule has 0 unspecified atom stereocenters. The van der Waals surface area contributed by atoms with Crippen molar-refractivity contribution in [3.63, 3.8) is 0 Å². The first-order chi connectivity index (χ1) is 21.4. The number of carbonyl (C=O) groups is 1. The zero-order valence-electron chi connectivity index (χ0n) is 27.2. The quantitative estimate of drug-likeness (QED) is 0.0962. The summed E-state index contributed by atoms with van der Waals surface area (Å²) in [7, 11) is 0. The van der Waals surface area contributed by atoms with Crippen LogP contribution < -0.4 is 0 Å². The van der Waals surface area contributed by atoms with Gasteiger partial charge in [0.05, 0.1) is 5.92 Å². The van der Waals surface area contributed by atoms with Crippen LogP contribution in [0.1, 0.15) is 103 Å². The highest BCUT2D eigenvalue weighted by Gasteiger charge is 2.43. The summed E-state index contributed by atoms with van der Waals surface area (Å²) in [6.07, 6.45) is 27.3. The standard InChI is InChI=1S/C40H51FN2O/c1-5-12-31(13-6-2)15-9-8-10-16-32-17-19-33(20-18-32)34-21-22-35-29-42-24-23-39(36(35)27-34)43(25-7-3)26-11-14-30(4)40(44)37-28-38(37)41/h10,15-21,23-24,27,29,37-38H,4-9,11-14,22,25-26,28H2,1-3H3/b16-10+/t37-,38+/m0/s1. The average molecular weight is 595 g/mol. The highest BCUT2D eigenvalue weighted by Crippen LogP contribution is 2.38. The number of ketones is 1. The minimum absolute atomic E-state index is 0.0857. The molecule has 0 bridgehead atoms. The van der Waals surface area contributed by atoms with Gasteiger partial charge in [-0.05, 0) is 97.8 Å². The molecule has 0 spiro atoms. The molecular weight excluding hydrogens is 543 g/mol. The van der Waals surface area contributed by atoms with Gasteiger partial charge in [0.1, 0.15) is 6.17 Å². The van der Waals surface area contributed by atoms with Crippen LogP contribution in [0, 0.1) is 5.92 Å². The number of hydrogen-bond acceptors (Lipinski definition) is 3. The summed E-state index contributed by atoms with van der Waals surface area (Å²) in [5.41, 5.74) is 9.44. The first-order valence-electron chi connectivity index (χ1n) is 16.9. The number of alkyl halides is 1. The van der Waals surface area contributed by atoms with Gasteiger partial charge in [-0.3, -0.25) is 9.79 Å². The summed E-state index contributed by atoms with van der Waals surface area (Å²) < 4.78 is 13.4. The van der Waals surface area contributed by atoms with E-state index in [9.17, 15) is 9.18 Å². The van der Waals surface area contributed by atoms with Crippen LogP contribution >= 0.6 is 0 Å². The Hall–Kier alpha value is -3.53. The summed E-state index contributed by atoms with van der Waals surface area (Å²) in [4.78, 5) is 19.3. The van der Waals surface area contributed by atoms with Gasteiger partial charge in [-0.2, -0.15) is 0 Å². The molecule has 1 aromatic rings. The van der Waals surface area contributed by atoms with Crippen molar-refractivity contribution >= 4 is 23.6 Å². The number of allylic oxidation sites excluding steroid dienone is 9. The SMILES string of the molecule is C=C(CCCN(CCC)C1=CC=NC=C2CC=C(c3ccc(/C=C/CCC=C(CCC)CCC)cc3)C=C21)C(=O)[C@H]1C[C@H]1F. The van der Waals surface area contributed by atoms with Crippen molar-refractivity contribution in [2.24, 2.45) is 10.9 Å². The monoisotopic (exact) mass is 594 g/mol. The molecule has 2 atom stereocenters. The summed E-state index contributed by atoms with van der Waals surface area (Å²) in [5.74, 6) is -0.528. The van der Waals surface area contributed by atoms with E-state index >= 15 is 0 Å². The molecule has 0 amide bonds. The number of aliphatic imine (C=N–C) groups is 1. The van der Waals surface area contributed by atoms with E-state index in [1.165, 1.54) is 59.2 Å². The van der Waals surface area contributed by atoms with Crippen molar-refractivity contribution in [3.05, 3.63) is 107 Å². The highest BCUT2D eigenvalue weighted by molar-refractivity contribution is 5.98. The van der Waals surface area contributed by atoms with Gasteiger partial charge in [-0.1, -0.05) is 94.3 Å². The lowest BCUT2D eigenvalue weighted by Gasteiger charge is -2.30. The summed E-state index contributed by atoms with van der Waals surface area (Å²) >= 11 is 0. The largest absolute Gasteiger partial charge is 0.371 e. The van der Waals surface area contributed by atoms with Crippen molar-refractivity contribution in [1.82, 2.24) is 4.90 Å². The fourth-order valence-electron chi connectivity index (χ4n) is 6.10. The van der Waals surface area contributed by atoms with Gasteiger partial charge in [-0.15, -0.1) is 0 Å². The predicted molar refractivity (Wildman–Crippen MR) is 186 cm³/mol. The first kappa shape index (κ1) is 33.4. The molecule has 4 heteroatoms. The van der Waals surface area contributed by atoms with Gasteiger partial charge in [0.2, 0.25) is 0 Å². The normalized spacial score (nSPS) is 18.9. The molecule has 2 aliphatic carbocycles. The second-order valence-electron chi connectivity index (χ2n) is 12.3. The number of nitrogens with zero attached hydrogens (tertiary/aromatic N) is 2. The minimum atomic E-state index is -0.966. The molecule has 0 N–H and O–H groups in total. The van der Waals surface area contributed by atoms with Gasteiger partial charge < -0.3 is 4.90 Å². The lowest BCUT2D eigenvalue weighted by Crippen LogP contribution is -2.27. The average Bonchev–Trinajstić information content (AvgIpc) is 3.80. The zero-order chi connectivity index (χ0) is 31.3. The Morgan fingerprint density at radius 3 is 2.48 bits per heavy atom. The minimum Gasteiger partial charge on any atom is -0.371 e. The van der Waals surface area contributed by atoms with E-state index in [0.29, 0.717) is 18.4 Å². The predicted octanol–water partition coefficient (Wildman–Crippen LogP) is 10.5. The van der Waals surface area contributed by atoms with Crippen LogP contribution in [0.3, 0.4) is 0 Å². The van der Waals surface area contributed by atoms with Crippen molar-refractivity contribution in [2.75, 3.05) is 13.1 Å². The second kappa shape index (κ2) is 17.1. The number of hydrogen-bond donors (Lipinski definition) is 0. The fourth-order valence-corrected chi connectivity index (χ4v) is 6.10. The van der Waals surface area contributed by atoms with E-state index in [2.05, 4.69) is 98.0 Å². The van der Waals surface area contributed by atoms with Crippen LogP contribution in [0.5, 0.6) is 0 Å². The molecular formula is C40H51FN2O. The smallest absolute Gasteiger partial charge is 0.164 e. The number of unbranched alkanes of at least 4 members (excludes halogenated alkanes) is 1. The summed E-state index contributed by atoms with van der Waals surface area (Å²) in [5, 5.41) is 0. The molecule has 44 heavy (non-hydrogen) atoms. The highest BCUT2D eigenvalue weighted by atomic mass is 19.1. The third kappa shape index (κ3) is 9.48. The van der Waals surface area contributed by atoms with Gasteiger partial charge in [-0.25, -0.2) is 4.39 Å². The molecule has 0 radical (unpaired) electrons. The topological polar surface area (TPSA) is 32.7 Å². The lowest BCUT2D eigenvalue weighted by molar-refractivity contribution is -0.117. The molecule has 1 heterocycles. The van der Waals surface area contributed by atoms with Crippen molar-refractivity contribution in [2.45, 2.75) is 97.6 Å². The van der Waals surface area contributed by atoms with E-state index < -0.39 is 12.1 Å². The number of Topliss-reactive ketones (excluding diaryl/α,β-unsaturated/α-hetero) is 1. The van der Waals surface area contributed by atoms with Crippen LogP contribution in [0.4, 0.5) is 4.39 Å². The van der Waals surface area contributed by atoms with Crippen molar-refractivity contribution in [1.29, 1.82) is 0 Å². The third-order valence-corrected chi connectivity index (χ3v) is 8.61. The maximum atomic E-state index is 13.4. The molecule has 1 aromatic carbocycles. The number of benzene rings is 1. The van der Waals surface area contributed by atoms with E-state index in [1.807, 2.05) is 12.4 Å². The van der Waals surface area contributed by atoms with E-state index in [0.717, 1.165) is 45.2 Å². The van der Waals surface area contributed by atoms with E-state index in [4.69, 9.17) is 0 Å². The third-order valence-electron chi connectivity index (χ3n) is 8.61.